The predicted molar refractivity (Wildman–Crippen MR) is 98.2 cm³/mol. The Bertz CT molecular complexity index is 1070. The van der Waals surface area contributed by atoms with E-state index in [0.717, 1.165) is 6.07 Å². The Morgan fingerprint density at radius 3 is 2.53 bits per heavy atom. The molecule has 0 N–H and O–H groups in total. The Hall–Kier alpha value is -3.43. The average Bonchev–Trinajstić information content (AvgIpc) is 3.05. The second-order valence-electron chi connectivity index (χ2n) is 6.85. The number of hydrogen-bond acceptors (Lipinski definition) is 4. The van der Waals surface area contributed by atoms with Crippen LogP contribution >= 0.6 is 0 Å². The lowest BCUT2D eigenvalue weighted by atomic mass is 10.1. The van der Waals surface area contributed by atoms with Gasteiger partial charge in [-0.2, -0.15) is 18.3 Å². The molecule has 1 saturated heterocycles. The highest BCUT2D eigenvalue weighted by Gasteiger charge is 2.39. The molecule has 0 radical (unpaired) electrons. The molecule has 1 aliphatic heterocycles. The van der Waals surface area contributed by atoms with Gasteiger partial charge in [-0.05, 0) is 42.5 Å². The van der Waals surface area contributed by atoms with Crippen molar-refractivity contribution >= 4 is 5.91 Å². The maximum atomic E-state index is 13.1. The summed E-state index contributed by atoms with van der Waals surface area (Å²) in [6.45, 7) is 0.257. The number of ether oxygens (including phenoxy) is 1. The quantitative estimate of drug-likeness (QED) is 0.606. The molecule has 1 fully saturated rings. The number of benzene rings is 1. The van der Waals surface area contributed by atoms with Crippen molar-refractivity contribution in [3.05, 3.63) is 65.7 Å². The van der Waals surface area contributed by atoms with Crippen molar-refractivity contribution in [2.75, 3.05) is 13.1 Å². The minimum atomic E-state index is -4.58. The summed E-state index contributed by atoms with van der Waals surface area (Å²) >= 11 is 0. The summed E-state index contributed by atoms with van der Waals surface area (Å²) in [5, 5.41) is 4.28. The third-order valence-electron chi connectivity index (χ3n) is 4.73. The smallest absolute Gasteiger partial charge is 0.421 e. The average molecular weight is 420 g/mol. The van der Waals surface area contributed by atoms with E-state index in [9.17, 15) is 22.4 Å². The lowest BCUT2D eigenvalue weighted by Gasteiger charge is -2.38. The number of pyridine rings is 1. The summed E-state index contributed by atoms with van der Waals surface area (Å²) in [5.74, 6) is -1.20. The number of alkyl halides is 3. The van der Waals surface area contributed by atoms with Crippen molar-refractivity contribution in [1.29, 1.82) is 0 Å². The molecule has 1 aliphatic rings. The molecule has 6 nitrogen and oxygen atoms in total. The summed E-state index contributed by atoms with van der Waals surface area (Å²) in [6.07, 6.45) is -3.94. The third-order valence-corrected chi connectivity index (χ3v) is 4.73. The fourth-order valence-corrected chi connectivity index (χ4v) is 3.13. The van der Waals surface area contributed by atoms with Crippen LogP contribution in [0.25, 0.3) is 11.3 Å². The van der Waals surface area contributed by atoms with E-state index >= 15 is 0 Å². The standard InChI is InChI=1S/C20H16F4N4O2/c1-27-17(9-16(26-27)12-4-6-13(21)7-5-12)19(29)28-10-14(11-28)30-18-15(20(22,23)24)3-2-8-25-18/h2-9,14H,10-11H2,1H3. The highest BCUT2D eigenvalue weighted by Crippen LogP contribution is 2.35. The maximum absolute atomic E-state index is 13.1. The zero-order chi connectivity index (χ0) is 21.5. The monoisotopic (exact) mass is 420 g/mol. The van der Waals surface area contributed by atoms with Gasteiger partial charge in [-0.3, -0.25) is 9.48 Å². The first-order chi connectivity index (χ1) is 14.2. The van der Waals surface area contributed by atoms with Gasteiger partial charge in [0.05, 0.1) is 18.8 Å². The number of rotatable bonds is 4. The van der Waals surface area contributed by atoms with Gasteiger partial charge in [-0.15, -0.1) is 0 Å². The molecule has 0 unspecified atom stereocenters. The number of hydrogen-bond donors (Lipinski definition) is 0. The molecule has 30 heavy (non-hydrogen) atoms. The van der Waals surface area contributed by atoms with Crippen LogP contribution < -0.4 is 4.74 Å². The second kappa shape index (κ2) is 7.43. The lowest BCUT2D eigenvalue weighted by molar-refractivity contribution is -0.140. The Morgan fingerprint density at radius 1 is 1.17 bits per heavy atom. The van der Waals surface area contributed by atoms with E-state index in [1.54, 1.807) is 25.2 Å². The molecule has 2 aromatic heterocycles. The van der Waals surface area contributed by atoms with Gasteiger partial charge in [-0.1, -0.05) is 0 Å². The van der Waals surface area contributed by atoms with Gasteiger partial charge in [0, 0.05) is 18.8 Å². The zero-order valence-electron chi connectivity index (χ0n) is 15.7. The van der Waals surface area contributed by atoms with Gasteiger partial charge >= 0.3 is 6.18 Å². The molecule has 0 atom stereocenters. The topological polar surface area (TPSA) is 60.2 Å². The van der Waals surface area contributed by atoms with Crippen LogP contribution in [0.15, 0.2) is 48.7 Å². The SMILES string of the molecule is Cn1nc(-c2ccc(F)cc2)cc1C(=O)N1CC(Oc2ncccc2C(F)(F)F)C1. The number of aryl methyl sites for hydroxylation is 1. The van der Waals surface area contributed by atoms with E-state index in [4.69, 9.17) is 4.74 Å². The largest absolute Gasteiger partial charge is 0.470 e. The van der Waals surface area contributed by atoms with Crippen LogP contribution in [-0.4, -0.2) is 44.8 Å². The second-order valence-corrected chi connectivity index (χ2v) is 6.85. The number of carbonyl (C=O) groups is 1. The summed E-state index contributed by atoms with van der Waals surface area (Å²) in [5.41, 5.74) is 0.523. The number of carbonyl (C=O) groups excluding carboxylic acids is 1. The van der Waals surface area contributed by atoms with Crippen molar-refractivity contribution in [2.24, 2.45) is 7.05 Å². The van der Waals surface area contributed by atoms with Crippen LogP contribution in [0.4, 0.5) is 17.6 Å². The summed E-state index contributed by atoms with van der Waals surface area (Å²) < 4.78 is 59.0. The van der Waals surface area contributed by atoms with Gasteiger partial charge in [0.2, 0.25) is 5.88 Å². The molecule has 3 heterocycles. The molecule has 4 rings (SSSR count). The number of likely N-dealkylation sites (tertiary alicyclic amines) is 1. The molecule has 10 heteroatoms. The summed E-state index contributed by atoms with van der Waals surface area (Å²) in [6, 6.07) is 9.40. The van der Waals surface area contributed by atoms with Crippen molar-refractivity contribution < 1.29 is 27.1 Å². The molecular weight excluding hydrogens is 404 g/mol. The number of halogens is 4. The van der Waals surface area contributed by atoms with Crippen molar-refractivity contribution in [3.63, 3.8) is 0 Å². The van der Waals surface area contributed by atoms with Gasteiger partial charge in [0.1, 0.15) is 23.2 Å². The molecule has 0 spiro atoms. The first-order valence-electron chi connectivity index (χ1n) is 9.00. The zero-order valence-corrected chi connectivity index (χ0v) is 15.7. The van der Waals surface area contributed by atoms with Gasteiger partial charge in [-0.25, -0.2) is 9.37 Å². The normalized spacial score (nSPS) is 14.5. The van der Waals surface area contributed by atoms with Gasteiger partial charge in [0.25, 0.3) is 5.91 Å². The fraction of sp³-hybridized carbons (Fsp3) is 0.250. The molecular formula is C20H16F4N4O2. The van der Waals surface area contributed by atoms with Crippen molar-refractivity contribution in [1.82, 2.24) is 19.7 Å². The van der Waals surface area contributed by atoms with E-state index in [0.29, 0.717) is 17.0 Å². The highest BCUT2D eigenvalue weighted by atomic mass is 19.4. The van der Waals surface area contributed by atoms with Crippen molar-refractivity contribution in [2.45, 2.75) is 12.3 Å². The van der Waals surface area contributed by atoms with E-state index in [2.05, 4.69) is 10.1 Å². The van der Waals surface area contributed by atoms with E-state index in [1.807, 2.05) is 0 Å². The maximum Gasteiger partial charge on any atom is 0.421 e. The molecule has 0 bridgehead atoms. The fourth-order valence-electron chi connectivity index (χ4n) is 3.13. The third kappa shape index (κ3) is 3.85. The van der Waals surface area contributed by atoms with Gasteiger partial charge in [0.15, 0.2) is 0 Å². The first kappa shape index (κ1) is 19.9. The van der Waals surface area contributed by atoms with Crippen LogP contribution in [0.5, 0.6) is 5.88 Å². The van der Waals surface area contributed by atoms with E-state index in [1.165, 1.54) is 34.0 Å². The van der Waals surface area contributed by atoms with E-state index < -0.39 is 23.7 Å². The lowest BCUT2D eigenvalue weighted by Crippen LogP contribution is -2.56. The van der Waals surface area contributed by atoms with Crippen LogP contribution in [0.3, 0.4) is 0 Å². The van der Waals surface area contributed by atoms with Crippen LogP contribution in [-0.2, 0) is 13.2 Å². The number of nitrogens with zero attached hydrogens (tertiary/aromatic N) is 4. The number of amides is 1. The predicted octanol–water partition coefficient (Wildman–Crippen LogP) is 3.54. The molecule has 0 aliphatic carbocycles. The Morgan fingerprint density at radius 2 is 1.87 bits per heavy atom. The van der Waals surface area contributed by atoms with Crippen LogP contribution in [0, 0.1) is 5.82 Å². The summed E-state index contributed by atoms with van der Waals surface area (Å²) in [7, 11) is 1.61. The van der Waals surface area contributed by atoms with Crippen LogP contribution in [0.2, 0.25) is 0 Å². The Balaban J connectivity index is 1.42. The molecule has 1 aromatic carbocycles. The Labute approximate surface area is 168 Å². The minimum Gasteiger partial charge on any atom is -0.470 e. The number of aromatic nitrogens is 3. The van der Waals surface area contributed by atoms with Crippen LogP contribution in [0.1, 0.15) is 16.1 Å². The molecule has 3 aromatic rings. The summed E-state index contributed by atoms with van der Waals surface area (Å²) in [4.78, 5) is 17.8. The molecule has 0 saturated carbocycles. The highest BCUT2D eigenvalue weighted by molar-refractivity contribution is 5.94. The van der Waals surface area contributed by atoms with E-state index in [-0.39, 0.29) is 24.8 Å². The Kier molecular flexibility index (Phi) is 4.92. The minimum absolute atomic E-state index is 0.129. The molecule has 156 valence electrons. The van der Waals surface area contributed by atoms with Crippen molar-refractivity contribution in [3.8, 4) is 17.1 Å². The van der Waals surface area contributed by atoms with Gasteiger partial charge < -0.3 is 9.64 Å². The molecule has 1 amide bonds. The first-order valence-corrected chi connectivity index (χ1v) is 9.00.